The number of amides is 3. The number of para-hydroxylation sites is 1. The first-order valence-electron chi connectivity index (χ1n) is 14.6. The molecular formula is C33H33Cl3N4O5S2. The van der Waals surface area contributed by atoms with Gasteiger partial charge in [0.25, 0.3) is 3.79 Å². The summed E-state index contributed by atoms with van der Waals surface area (Å²) in [6.45, 7) is 1.15. The van der Waals surface area contributed by atoms with E-state index in [1.165, 1.54) is 10.8 Å². The molecule has 0 aromatic heterocycles. The fourth-order valence-electron chi connectivity index (χ4n) is 4.41. The SMILES string of the molecule is N=C(OCc1ccc(NC(=O)OCCSSCCNC(=O)CCC(=O)N2Cc3ccccc3/C=C\c3ccccc32)cc1)C(Cl)(Cl)Cl. The van der Waals surface area contributed by atoms with Crippen LogP contribution in [-0.2, 0) is 32.2 Å². The predicted octanol–water partition coefficient (Wildman–Crippen LogP) is 8.09. The minimum Gasteiger partial charge on any atom is -0.473 e. The fraction of sp³-hybridized carbons (Fsp3) is 0.273. The van der Waals surface area contributed by atoms with Crippen molar-refractivity contribution in [2.45, 2.75) is 29.8 Å². The lowest BCUT2D eigenvalue weighted by atomic mass is 10.0. The van der Waals surface area contributed by atoms with E-state index < -0.39 is 15.8 Å². The lowest BCUT2D eigenvalue weighted by molar-refractivity contribution is -0.125. The highest BCUT2D eigenvalue weighted by Crippen LogP contribution is 2.30. The van der Waals surface area contributed by atoms with Gasteiger partial charge in [-0.3, -0.25) is 20.3 Å². The van der Waals surface area contributed by atoms with E-state index in [1.807, 2.05) is 54.6 Å². The zero-order valence-electron chi connectivity index (χ0n) is 25.2. The van der Waals surface area contributed by atoms with Gasteiger partial charge in [0.15, 0.2) is 0 Å². The van der Waals surface area contributed by atoms with Gasteiger partial charge in [-0.25, -0.2) is 4.79 Å². The van der Waals surface area contributed by atoms with Crippen LogP contribution < -0.4 is 15.5 Å². The largest absolute Gasteiger partial charge is 0.473 e. The Balaban J connectivity index is 1.07. The molecule has 0 atom stereocenters. The molecule has 47 heavy (non-hydrogen) atoms. The monoisotopic (exact) mass is 734 g/mol. The first kappa shape index (κ1) is 36.5. The summed E-state index contributed by atoms with van der Waals surface area (Å²) in [5, 5.41) is 13.1. The van der Waals surface area contributed by atoms with Gasteiger partial charge in [0, 0.05) is 36.6 Å². The van der Waals surface area contributed by atoms with E-state index >= 15 is 0 Å². The van der Waals surface area contributed by atoms with Crippen molar-refractivity contribution in [3.05, 3.63) is 95.1 Å². The Morgan fingerprint density at radius 2 is 1.53 bits per heavy atom. The Labute approximate surface area is 296 Å². The van der Waals surface area contributed by atoms with Gasteiger partial charge in [0.2, 0.25) is 17.7 Å². The van der Waals surface area contributed by atoms with Gasteiger partial charge in [0.1, 0.15) is 13.2 Å². The molecule has 9 nitrogen and oxygen atoms in total. The standard InChI is InChI=1S/C33H33Cl3N4O5S2/c34-33(35,36)31(37)45-22-23-9-13-27(14-10-23)39-32(43)44-18-20-47-46-19-17-38-29(41)15-16-30(42)40-21-26-7-2-1-5-24(26)11-12-25-6-3-4-8-28(25)40/h1-14,37H,15-22H2,(H,38,41)(H,39,43)/b12-11-,37-31?. The van der Waals surface area contributed by atoms with Gasteiger partial charge in [-0.2, -0.15) is 0 Å². The van der Waals surface area contributed by atoms with Crippen LogP contribution in [0.1, 0.15) is 35.1 Å². The van der Waals surface area contributed by atoms with Crippen LogP contribution in [0.3, 0.4) is 0 Å². The van der Waals surface area contributed by atoms with Crippen molar-refractivity contribution in [1.29, 1.82) is 5.41 Å². The highest BCUT2D eigenvalue weighted by atomic mass is 35.6. The normalized spacial score (nSPS) is 12.9. The van der Waals surface area contributed by atoms with Crippen LogP contribution in [0.5, 0.6) is 0 Å². The van der Waals surface area contributed by atoms with Crippen molar-refractivity contribution in [3.63, 3.8) is 0 Å². The zero-order chi connectivity index (χ0) is 33.6. The average molecular weight is 736 g/mol. The maximum Gasteiger partial charge on any atom is 0.411 e. The van der Waals surface area contributed by atoms with Crippen LogP contribution in [0.25, 0.3) is 12.2 Å². The Bertz CT molecular complexity index is 1580. The minimum atomic E-state index is -1.92. The number of hydrogen-bond donors (Lipinski definition) is 3. The van der Waals surface area contributed by atoms with E-state index in [0.29, 0.717) is 30.3 Å². The second kappa shape index (κ2) is 18.3. The summed E-state index contributed by atoms with van der Waals surface area (Å²) in [7, 11) is 3.08. The number of fused-ring (bicyclic) bond motifs is 2. The van der Waals surface area contributed by atoms with Crippen LogP contribution >= 0.6 is 56.4 Å². The number of alkyl halides is 3. The van der Waals surface area contributed by atoms with Gasteiger partial charge in [-0.1, -0.05) is 123 Å². The summed E-state index contributed by atoms with van der Waals surface area (Å²) in [6.07, 6.45) is 3.71. The van der Waals surface area contributed by atoms with Crippen molar-refractivity contribution in [2.75, 3.05) is 34.9 Å². The van der Waals surface area contributed by atoms with Gasteiger partial charge in [-0.05, 0) is 40.5 Å². The number of halogens is 3. The molecule has 0 aliphatic carbocycles. The van der Waals surface area contributed by atoms with E-state index in [0.717, 1.165) is 27.9 Å². The van der Waals surface area contributed by atoms with E-state index in [9.17, 15) is 14.4 Å². The summed E-state index contributed by atoms with van der Waals surface area (Å²) in [4.78, 5) is 39.6. The number of ether oxygens (including phenoxy) is 2. The molecule has 1 aliphatic rings. The van der Waals surface area contributed by atoms with Crippen LogP contribution in [0.15, 0.2) is 72.8 Å². The molecule has 0 saturated heterocycles. The number of nitrogens with one attached hydrogen (secondary N) is 3. The molecule has 14 heteroatoms. The average Bonchev–Trinajstić information content (AvgIpc) is 3.05. The Hall–Kier alpha value is -3.35. The smallest absolute Gasteiger partial charge is 0.411 e. The number of nitrogens with zero attached hydrogens (tertiary/aromatic N) is 1. The lowest BCUT2D eigenvalue weighted by Gasteiger charge is -2.27. The molecular weight excluding hydrogens is 703 g/mol. The second-order valence-corrected chi connectivity index (χ2v) is 15.1. The van der Waals surface area contributed by atoms with Crippen molar-refractivity contribution < 1.29 is 23.9 Å². The summed E-state index contributed by atoms with van der Waals surface area (Å²) in [6, 6.07) is 22.5. The molecule has 1 heterocycles. The number of carbonyl (C=O) groups excluding carboxylic acids is 3. The van der Waals surface area contributed by atoms with Gasteiger partial charge in [0.05, 0.1) is 12.2 Å². The molecule has 0 bridgehead atoms. The molecule has 4 rings (SSSR count). The molecule has 0 unspecified atom stereocenters. The van der Waals surface area contributed by atoms with Crippen LogP contribution in [0.2, 0.25) is 0 Å². The van der Waals surface area contributed by atoms with E-state index in [2.05, 4.69) is 16.7 Å². The molecule has 3 aromatic rings. The zero-order valence-corrected chi connectivity index (χ0v) is 29.1. The minimum absolute atomic E-state index is 0.0396. The van der Waals surface area contributed by atoms with Crippen molar-refractivity contribution >= 4 is 104 Å². The Kier molecular flexibility index (Phi) is 14.2. The van der Waals surface area contributed by atoms with Crippen LogP contribution in [0, 0.1) is 5.41 Å². The summed E-state index contributed by atoms with van der Waals surface area (Å²) < 4.78 is 8.41. The van der Waals surface area contributed by atoms with Crippen molar-refractivity contribution in [2.24, 2.45) is 0 Å². The van der Waals surface area contributed by atoms with Gasteiger partial charge >= 0.3 is 6.09 Å². The quantitative estimate of drug-likeness (QED) is 0.0534. The first-order chi connectivity index (χ1) is 22.6. The van der Waals surface area contributed by atoms with Crippen molar-refractivity contribution in [3.8, 4) is 0 Å². The molecule has 3 amide bonds. The van der Waals surface area contributed by atoms with Crippen LogP contribution in [0.4, 0.5) is 16.2 Å². The fourth-order valence-corrected chi connectivity index (χ4v) is 6.31. The lowest BCUT2D eigenvalue weighted by Crippen LogP contribution is -2.33. The number of benzene rings is 3. The highest BCUT2D eigenvalue weighted by molar-refractivity contribution is 8.76. The Morgan fingerprint density at radius 3 is 2.30 bits per heavy atom. The molecule has 1 aliphatic heterocycles. The molecule has 0 radical (unpaired) electrons. The van der Waals surface area contributed by atoms with Crippen LogP contribution in [-0.4, -0.2) is 52.3 Å². The molecule has 3 aromatic carbocycles. The van der Waals surface area contributed by atoms with E-state index in [4.69, 9.17) is 49.7 Å². The number of hydrogen-bond acceptors (Lipinski definition) is 8. The summed E-state index contributed by atoms with van der Waals surface area (Å²) in [5.41, 5.74) is 5.16. The maximum absolute atomic E-state index is 13.3. The summed E-state index contributed by atoms with van der Waals surface area (Å²) in [5.74, 6) is 0.480. The van der Waals surface area contributed by atoms with Gasteiger partial charge < -0.3 is 19.7 Å². The highest BCUT2D eigenvalue weighted by Gasteiger charge is 2.28. The molecule has 248 valence electrons. The number of anilines is 2. The summed E-state index contributed by atoms with van der Waals surface area (Å²) >= 11 is 16.8. The van der Waals surface area contributed by atoms with E-state index in [-0.39, 0.29) is 37.9 Å². The molecule has 3 N–H and O–H groups in total. The molecule has 0 saturated carbocycles. The predicted molar refractivity (Wildman–Crippen MR) is 194 cm³/mol. The number of carbonyl (C=O) groups is 3. The maximum atomic E-state index is 13.3. The third-order valence-electron chi connectivity index (χ3n) is 6.75. The number of rotatable bonds is 13. The first-order valence-corrected chi connectivity index (χ1v) is 18.2. The Morgan fingerprint density at radius 1 is 0.851 bits per heavy atom. The third kappa shape index (κ3) is 12.0. The van der Waals surface area contributed by atoms with Crippen molar-refractivity contribution in [1.82, 2.24) is 5.32 Å². The topological polar surface area (TPSA) is 121 Å². The van der Waals surface area contributed by atoms with E-state index in [1.54, 1.807) is 40.0 Å². The molecule has 0 spiro atoms. The second-order valence-electron chi connectivity index (χ2n) is 10.1. The molecule has 0 fully saturated rings. The van der Waals surface area contributed by atoms with Gasteiger partial charge in [-0.15, -0.1) is 0 Å². The third-order valence-corrected chi connectivity index (χ3v) is 9.64.